The molecule has 118 valence electrons. The molecular weight excluding hydrogens is 402 g/mol. The van der Waals surface area contributed by atoms with Crippen LogP contribution < -0.4 is 5.32 Å². The molecule has 21 heavy (non-hydrogen) atoms. The predicted octanol–water partition coefficient (Wildman–Crippen LogP) is 1.39. The highest BCUT2D eigenvalue weighted by atomic mass is 127. The van der Waals surface area contributed by atoms with Crippen LogP contribution in [-0.4, -0.2) is 64.1 Å². The number of carbonyl (C=O) groups is 1. The van der Waals surface area contributed by atoms with E-state index in [-0.39, 0.29) is 22.2 Å². The molecule has 5 nitrogen and oxygen atoms in total. The number of carbonyl (C=O) groups excluding carboxylic acids is 1. The lowest BCUT2D eigenvalue weighted by molar-refractivity contribution is -0.117. The first-order valence-electron chi connectivity index (χ1n) is 6.80. The van der Waals surface area contributed by atoms with Crippen LogP contribution in [0.15, 0.2) is 24.7 Å². The lowest BCUT2D eigenvalue weighted by atomic mass is 10.1. The molecule has 1 unspecified atom stereocenters. The Bertz CT molecular complexity index is 516. The van der Waals surface area contributed by atoms with Crippen LogP contribution >= 0.6 is 29.5 Å². The van der Waals surface area contributed by atoms with Crippen molar-refractivity contribution in [1.29, 1.82) is 0 Å². The number of hydrogen-bond donors (Lipinski definition) is 2. The van der Waals surface area contributed by atoms with Gasteiger partial charge in [-0.15, -0.1) is 13.2 Å². The Morgan fingerprint density at radius 3 is 2.81 bits per heavy atom. The summed E-state index contributed by atoms with van der Waals surface area (Å²) in [5.74, 6) is 0.284. The predicted molar refractivity (Wildman–Crippen MR) is 96.1 cm³/mol. The second-order valence-electron chi connectivity index (χ2n) is 6.11. The van der Waals surface area contributed by atoms with Gasteiger partial charge in [0, 0.05) is 12.3 Å². The molecule has 2 N–H and O–H groups in total. The monoisotopic (exact) mass is 424 g/mol. The van der Waals surface area contributed by atoms with Crippen LogP contribution in [0.4, 0.5) is 0 Å². The summed E-state index contributed by atoms with van der Waals surface area (Å²) in [6.07, 6.45) is 8.03. The quantitative estimate of drug-likeness (QED) is 0.407. The van der Waals surface area contributed by atoms with E-state index in [1.54, 1.807) is 11.1 Å². The van der Waals surface area contributed by atoms with Gasteiger partial charge < -0.3 is 20.1 Å². The standard InChI is InChI=1S/C14H22IN2O3P/c1-9-16-11(18)5-7-17(9)14-12(15)13(19)10(20-14)6-8-21(2,3)4/h5,7,10,12-14,19H,1-2,6,8H2,3-4H3,(H,16,18)/t10-,12-,13-,14?/m1/s1. The average Bonchev–Trinajstić information content (AvgIpc) is 2.64. The molecule has 0 radical (unpaired) electrons. The maximum absolute atomic E-state index is 11.3. The first-order chi connectivity index (χ1) is 9.69. The number of amides is 1. The number of aliphatic hydroxyl groups is 1. The number of ether oxygens (including phenoxy) is 1. The minimum Gasteiger partial charge on any atom is -0.389 e. The molecule has 0 saturated carbocycles. The SMILES string of the molecule is C=C1NC(=O)C=CN1C1O[C@H](CCP(=C)(C)C)[C@@H](O)[C@H]1I. The fraction of sp³-hybridized carbons (Fsp3) is 0.571. The Morgan fingerprint density at radius 2 is 2.24 bits per heavy atom. The van der Waals surface area contributed by atoms with Gasteiger partial charge in [-0.25, -0.2) is 0 Å². The molecule has 2 aliphatic heterocycles. The van der Waals surface area contributed by atoms with Gasteiger partial charge in [0.2, 0.25) is 0 Å². The molecular formula is C14H22IN2O3P. The molecule has 0 aromatic carbocycles. The highest BCUT2D eigenvalue weighted by Crippen LogP contribution is 2.40. The van der Waals surface area contributed by atoms with E-state index in [0.29, 0.717) is 5.82 Å². The van der Waals surface area contributed by atoms with E-state index in [1.807, 2.05) is 0 Å². The van der Waals surface area contributed by atoms with E-state index in [2.05, 4.69) is 54.1 Å². The highest BCUT2D eigenvalue weighted by molar-refractivity contribution is 14.1. The molecule has 0 bridgehead atoms. The van der Waals surface area contributed by atoms with Gasteiger partial charge in [-0.2, -0.15) is 0 Å². The third-order valence-corrected chi connectivity index (χ3v) is 6.37. The van der Waals surface area contributed by atoms with Crippen molar-refractivity contribution in [2.45, 2.75) is 28.8 Å². The summed E-state index contributed by atoms with van der Waals surface area (Å²) in [5, 5.41) is 13.0. The van der Waals surface area contributed by atoms with Crippen LogP contribution in [0.25, 0.3) is 0 Å². The smallest absolute Gasteiger partial charge is 0.250 e. The fourth-order valence-electron chi connectivity index (χ4n) is 2.37. The Kier molecular flexibility index (Phi) is 5.23. The maximum Gasteiger partial charge on any atom is 0.250 e. The number of hydrogen-bond acceptors (Lipinski definition) is 4. The van der Waals surface area contributed by atoms with E-state index < -0.39 is 13.0 Å². The van der Waals surface area contributed by atoms with Crippen molar-refractivity contribution in [3.63, 3.8) is 0 Å². The first kappa shape index (κ1) is 17.1. The summed E-state index contributed by atoms with van der Waals surface area (Å²) >= 11 is 2.20. The molecule has 2 heterocycles. The number of alkyl halides is 1. The molecule has 1 amide bonds. The van der Waals surface area contributed by atoms with Crippen molar-refractivity contribution in [3.05, 3.63) is 24.7 Å². The normalized spacial score (nSPS) is 33.4. The van der Waals surface area contributed by atoms with Gasteiger partial charge in [-0.05, 0) is 25.9 Å². The van der Waals surface area contributed by atoms with Gasteiger partial charge >= 0.3 is 0 Å². The van der Waals surface area contributed by atoms with E-state index in [4.69, 9.17) is 4.74 Å². The summed E-state index contributed by atoms with van der Waals surface area (Å²) in [6, 6.07) is 0. The third-order valence-electron chi connectivity index (χ3n) is 3.55. The fourth-order valence-corrected chi connectivity index (χ4v) is 4.30. The van der Waals surface area contributed by atoms with E-state index in [0.717, 1.165) is 12.6 Å². The Balaban J connectivity index is 2.06. The van der Waals surface area contributed by atoms with E-state index >= 15 is 0 Å². The Hall–Kier alpha value is -0.300. The number of nitrogens with zero attached hydrogens (tertiary/aromatic N) is 1. The summed E-state index contributed by atoms with van der Waals surface area (Å²) in [5.41, 5.74) is 0. The van der Waals surface area contributed by atoms with Crippen LogP contribution in [-0.2, 0) is 9.53 Å². The second-order valence-corrected chi connectivity index (χ2v) is 11.9. The van der Waals surface area contributed by atoms with Crippen LogP contribution in [0.1, 0.15) is 6.42 Å². The molecule has 1 saturated heterocycles. The van der Waals surface area contributed by atoms with Gasteiger partial charge in [0.15, 0.2) is 0 Å². The largest absolute Gasteiger partial charge is 0.389 e. The molecule has 7 heteroatoms. The van der Waals surface area contributed by atoms with Gasteiger partial charge in [-0.3, -0.25) is 4.79 Å². The van der Waals surface area contributed by atoms with Crippen molar-refractivity contribution >= 4 is 41.7 Å². The number of nitrogens with one attached hydrogen (secondary N) is 1. The van der Waals surface area contributed by atoms with Crippen LogP contribution in [0.3, 0.4) is 0 Å². The Labute approximate surface area is 139 Å². The van der Waals surface area contributed by atoms with E-state index in [9.17, 15) is 9.90 Å². The number of aliphatic hydroxyl groups excluding tert-OH is 1. The third kappa shape index (κ3) is 4.12. The van der Waals surface area contributed by atoms with Crippen molar-refractivity contribution < 1.29 is 14.6 Å². The lowest BCUT2D eigenvalue weighted by Gasteiger charge is -2.32. The first-order valence-corrected chi connectivity index (χ1v) is 11.1. The summed E-state index contributed by atoms with van der Waals surface area (Å²) < 4.78 is 5.93. The number of rotatable bonds is 4. The van der Waals surface area contributed by atoms with Crippen molar-refractivity contribution in [2.75, 3.05) is 19.5 Å². The molecule has 0 aliphatic carbocycles. The topological polar surface area (TPSA) is 61.8 Å². The molecule has 2 aliphatic rings. The second kappa shape index (κ2) is 6.44. The molecule has 4 atom stereocenters. The van der Waals surface area contributed by atoms with Crippen LogP contribution in [0.2, 0.25) is 0 Å². The molecule has 1 fully saturated rings. The van der Waals surface area contributed by atoms with E-state index in [1.165, 1.54) is 6.08 Å². The maximum atomic E-state index is 11.3. The number of halogens is 1. The van der Waals surface area contributed by atoms with Gasteiger partial charge in [0.25, 0.3) is 5.91 Å². The van der Waals surface area contributed by atoms with Gasteiger partial charge in [-0.1, -0.05) is 29.2 Å². The minimum atomic E-state index is -1.13. The zero-order chi connectivity index (χ0) is 15.8. The summed E-state index contributed by atoms with van der Waals surface area (Å²) in [4.78, 5) is 13.0. The van der Waals surface area contributed by atoms with Gasteiger partial charge in [0.1, 0.15) is 12.0 Å². The average molecular weight is 424 g/mol. The van der Waals surface area contributed by atoms with Gasteiger partial charge in [0.05, 0.1) is 16.1 Å². The van der Waals surface area contributed by atoms with Crippen molar-refractivity contribution in [1.82, 2.24) is 10.2 Å². The molecule has 0 spiro atoms. The molecule has 0 aromatic heterocycles. The highest BCUT2D eigenvalue weighted by Gasteiger charge is 2.45. The van der Waals surface area contributed by atoms with Crippen molar-refractivity contribution in [2.24, 2.45) is 0 Å². The van der Waals surface area contributed by atoms with Crippen LogP contribution in [0, 0.1) is 0 Å². The molecule has 0 aromatic rings. The van der Waals surface area contributed by atoms with Crippen molar-refractivity contribution in [3.8, 4) is 0 Å². The molecule has 2 rings (SSSR count). The lowest BCUT2D eigenvalue weighted by Crippen LogP contribution is -2.44. The summed E-state index contributed by atoms with van der Waals surface area (Å²) in [6.45, 7) is 7.06. The Morgan fingerprint density at radius 1 is 1.57 bits per heavy atom. The summed E-state index contributed by atoms with van der Waals surface area (Å²) in [7, 11) is 0. The van der Waals surface area contributed by atoms with Crippen LogP contribution in [0.5, 0.6) is 0 Å². The minimum absolute atomic E-state index is 0.0877. The zero-order valence-corrected chi connectivity index (χ0v) is 15.4. The zero-order valence-electron chi connectivity index (χ0n) is 12.3.